The molecule has 1 aliphatic heterocycles. The highest BCUT2D eigenvalue weighted by molar-refractivity contribution is 7.89. The summed E-state index contributed by atoms with van der Waals surface area (Å²) in [6, 6.07) is 12.5. The number of nitrogens with zero attached hydrogens (tertiary/aromatic N) is 2. The summed E-state index contributed by atoms with van der Waals surface area (Å²) < 4.78 is 43.2. The van der Waals surface area contributed by atoms with Crippen molar-refractivity contribution in [1.29, 1.82) is 0 Å². The Morgan fingerprint density at radius 3 is 1.93 bits per heavy atom. The second-order valence-electron chi connectivity index (χ2n) is 6.11. The molecule has 8 heteroatoms. The summed E-state index contributed by atoms with van der Waals surface area (Å²) in [5.41, 5.74) is 1.05. The third-order valence-electron chi connectivity index (χ3n) is 4.66. The number of sulfonamides is 1. The van der Waals surface area contributed by atoms with Crippen molar-refractivity contribution in [3.05, 3.63) is 42.5 Å². The van der Waals surface area contributed by atoms with Crippen molar-refractivity contribution >= 4 is 15.7 Å². The number of rotatable bonds is 6. The third kappa shape index (κ3) is 3.96. The van der Waals surface area contributed by atoms with E-state index in [4.69, 9.17) is 14.2 Å². The first-order valence-corrected chi connectivity index (χ1v) is 10.0. The SMILES string of the molecule is COc1ccc(N2CCN(S(=O)(=O)c3ccc(OC)cc3OC)CC2)cc1. The molecule has 7 nitrogen and oxygen atoms in total. The van der Waals surface area contributed by atoms with Gasteiger partial charge in [0.1, 0.15) is 22.1 Å². The van der Waals surface area contributed by atoms with Gasteiger partial charge in [0.05, 0.1) is 21.3 Å². The van der Waals surface area contributed by atoms with E-state index in [-0.39, 0.29) is 10.6 Å². The van der Waals surface area contributed by atoms with Gasteiger partial charge in [0.25, 0.3) is 0 Å². The van der Waals surface area contributed by atoms with Gasteiger partial charge >= 0.3 is 0 Å². The van der Waals surface area contributed by atoms with Crippen LogP contribution in [0.4, 0.5) is 5.69 Å². The van der Waals surface area contributed by atoms with E-state index in [9.17, 15) is 8.42 Å². The summed E-state index contributed by atoms with van der Waals surface area (Å²) in [7, 11) is 0.974. The lowest BCUT2D eigenvalue weighted by molar-refractivity contribution is 0.370. The molecule has 1 aliphatic rings. The average molecular weight is 392 g/mol. The zero-order valence-corrected chi connectivity index (χ0v) is 16.5. The third-order valence-corrected chi connectivity index (χ3v) is 6.60. The minimum absolute atomic E-state index is 0.156. The molecule has 0 aliphatic carbocycles. The van der Waals surface area contributed by atoms with E-state index in [2.05, 4.69) is 4.90 Å². The van der Waals surface area contributed by atoms with Crippen LogP contribution in [0.25, 0.3) is 0 Å². The zero-order valence-electron chi connectivity index (χ0n) is 15.7. The first kappa shape index (κ1) is 19.3. The van der Waals surface area contributed by atoms with E-state index in [1.807, 2.05) is 24.3 Å². The highest BCUT2D eigenvalue weighted by Crippen LogP contribution is 2.31. The fraction of sp³-hybridized carbons (Fsp3) is 0.368. The first-order chi connectivity index (χ1) is 13.0. The first-order valence-electron chi connectivity index (χ1n) is 8.61. The van der Waals surface area contributed by atoms with Gasteiger partial charge in [0.2, 0.25) is 10.0 Å². The molecule has 1 heterocycles. The molecule has 27 heavy (non-hydrogen) atoms. The smallest absolute Gasteiger partial charge is 0.246 e. The van der Waals surface area contributed by atoms with Crippen LogP contribution in [0.15, 0.2) is 47.4 Å². The van der Waals surface area contributed by atoms with Gasteiger partial charge in [-0.3, -0.25) is 0 Å². The molecule has 146 valence electrons. The molecule has 0 atom stereocenters. The molecule has 1 fully saturated rings. The standard InChI is InChI=1S/C19H24N2O5S/c1-24-16-6-4-15(5-7-16)20-10-12-21(13-11-20)27(22,23)19-9-8-17(25-2)14-18(19)26-3/h4-9,14H,10-13H2,1-3H3. The molecule has 0 saturated carbocycles. The van der Waals surface area contributed by atoms with Crippen molar-refractivity contribution in [3.63, 3.8) is 0 Å². The number of piperazine rings is 1. The topological polar surface area (TPSA) is 68.3 Å². The Bertz CT molecular complexity index is 875. The minimum Gasteiger partial charge on any atom is -0.497 e. The van der Waals surface area contributed by atoms with Gasteiger partial charge in [0, 0.05) is 37.9 Å². The van der Waals surface area contributed by atoms with Crippen LogP contribution in [0, 0.1) is 0 Å². The number of hydrogen-bond acceptors (Lipinski definition) is 6. The van der Waals surface area contributed by atoms with Gasteiger partial charge in [-0.25, -0.2) is 8.42 Å². The van der Waals surface area contributed by atoms with Crippen LogP contribution in [0.1, 0.15) is 0 Å². The van der Waals surface area contributed by atoms with Crippen LogP contribution in [-0.4, -0.2) is 60.2 Å². The van der Waals surface area contributed by atoms with Crippen molar-refractivity contribution in [2.75, 3.05) is 52.4 Å². The molecule has 1 saturated heterocycles. The zero-order chi connectivity index (χ0) is 19.4. The van der Waals surface area contributed by atoms with E-state index < -0.39 is 10.0 Å². The fourth-order valence-electron chi connectivity index (χ4n) is 3.11. The normalized spacial score (nSPS) is 15.4. The van der Waals surface area contributed by atoms with Gasteiger partial charge in [-0.2, -0.15) is 4.31 Å². The summed E-state index contributed by atoms with van der Waals surface area (Å²) in [4.78, 5) is 2.32. The lowest BCUT2D eigenvalue weighted by atomic mass is 10.2. The predicted molar refractivity (Wildman–Crippen MR) is 104 cm³/mol. The van der Waals surface area contributed by atoms with Gasteiger partial charge in [0.15, 0.2) is 0 Å². The van der Waals surface area contributed by atoms with E-state index in [0.29, 0.717) is 31.9 Å². The summed E-state index contributed by atoms with van der Waals surface area (Å²) in [6.45, 7) is 2.04. The quantitative estimate of drug-likeness (QED) is 0.751. The molecule has 2 aromatic rings. The van der Waals surface area contributed by atoms with Crippen molar-refractivity contribution in [3.8, 4) is 17.2 Å². The molecule has 0 aromatic heterocycles. The lowest BCUT2D eigenvalue weighted by Gasteiger charge is -2.35. The van der Waals surface area contributed by atoms with Gasteiger partial charge in [-0.15, -0.1) is 0 Å². The highest BCUT2D eigenvalue weighted by atomic mass is 32.2. The molecular weight excluding hydrogens is 368 g/mol. The molecule has 0 unspecified atom stereocenters. The van der Waals surface area contributed by atoms with Crippen LogP contribution in [0.3, 0.4) is 0 Å². The van der Waals surface area contributed by atoms with E-state index in [0.717, 1.165) is 11.4 Å². The molecule has 0 N–H and O–H groups in total. The molecular formula is C19H24N2O5S. The Morgan fingerprint density at radius 2 is 1.37 bits per heavy atom. The Morgan fingerprint density at radius 1 is 0.778 bits per heavy atom. The van der Waals surface area contributed by atoms with E-state index in [1.54, 1.807) is 19.2 Å². The Kier molecular flexibility index (Phi) is 5.76. The van der Waals surface area contributed by atoms with Crippen LogP contribution in [-0.2, 0) is 10.0 Å². The molecule has 0 bridgehead atoms. The predicted octanol–water partition coefficient (Wildman–Crippen LogP) is 2.22. The van der Waals surface area contributed by atoms with Crippen molar-refractivity contribution in [2.24, 2.45) is 0 Å². The number of methoxy groups -OCH3 is 3. The van der Waals surface area contributed by atoms with E-state index >= 15 is 0 Å². The molecule has 3 rings (SSSR count). The highest BCUT2D eigenvalue weighted by Gasteiger charge is 2.31. The summed E-state index contributed by atoms with van der Waals surface area (Å²) in [6.07, 6.45) is 0. The second-order valence-corrected chi connectivity index (χ2v) is 8.01. The van der Waals surface area contributed by atoms with Crippen LogP contribution >= 0.6 is 0 Å². The second kappa shape index (κ2) is 8.06. The maximum Gasteiger partial charge on any atom is 0.246 e. The summed E-state index contributed by atoms with van der Waals surface area (Å²) >= 11 is 0. The van der Waals surface area contributed by atoms with Gasteiger partial charge in [-0.1, -0.05) is 0 Å². The Balaban J connectivity index is 1.74. The van der Waals surface area contributed by atoms with Crippen LogP contribution < -0.4 is 19.1 Å². The van der Waals surface area contributed by atoms with Crippen molar-refractivity contribution < 1.29 is 22.6 Å². The van der Waals surface area contributed by atoms with E-state index in [1.165, 1.54) is 24.6 Å². The number of anilines is 1. The maximum atomic E-state index is 13.1. The summed E-state index contributed by atoms with van der Waals surface area (Å²) in [5.74, 6) is 1.63. The van der Waals surface area contributed by atoms with Crippen LogP contribution in [0.2, 0.25) is 0 Å². The van der Waals surface area contributed by atoms with Crippen molar-refractivity contribution in [2.45, 2.75) is 4.90 Å². The van der Waals surface area contributed by atoms with Crippen LogP contribution in [0.5, 0.6) is 17.2 Å². The number of benzene rings is 2. The lowest BCUT2D eigenvalue weighted by Crippen LogP contribution is -2.48. The molecule has 0 spiro atoms. The Labute approximate surface area is 160 Å². The number of ether oxygens (including phenoxy) is 3. The Hall–Kier alpha value is -2.45. The van der Waals surface area contributed by atoms with Gasteiger partial charge in [-0.05, 0) is 36.4 Å². The monoisotopic (exact) mass is 392 g/mol. The fourth-order valence-corrected chi connectivity index (χ4v) is 4.67. The average Bonchev–Trinajstić information content (AvgIpc) is 2.73. The summed E-state index contributed by atoms with van der Waals surface area (Å²) in [5, 5.41) is 0. The minimum atomic E-state index is -3.64. The molecule has 0 amide bonds. The largest absolute Gasteiger partial charge is 0.497 e. The number of hydrogen-bond donors (Lipinski definition) is 0. The molecule has 2 aromatic carbocycles. The maximum absolute atomic E-state index is 13.1. The van der Waals surface area contributed by atoms with Crippen molar-refractivity contribution in [1.82, 2.24) is 4.31 Å². The molecule has 0 radical (unpaired) electrons. The van der Waals surface area contributed by atoms with Gasteiger partial charge < -0.3 is 19.1 Å².